The molecule has 0 saturated carbocycles. The highest BCUT2D eigenvalue weighted by Crippen LogP contribution is 2.36. The first kappa shape index (κ1) is 19.4. The normalized spacial score (nSPS) is 26.3. The first-order chi connectivity index (χ1) is 12.9. The van der Waals surface area contributed by atoms with E-state index in [-0.39, 0.29) is 0 Å². The average molecular weight is 373 g/mol. The second kappa shape index (κ2) is 8.57. The molecule has 2 unspecified atom stereocenters. The Morgan fingerprint density at radius 1 is 1.04 bits per heavy atom. The number of piperidine rings is 1. The molecule has 2 bridgehead atoms. The van der Waals surface area contributed by atoms with Crippen molar-refractivity contribution in [3.8, 4) is 5.75 Å². The Bertz CT molecular complexity index is 699. The van der Waals surface area contributed by atoms with Crippen LogP contribution in [0.15, 0.2) is 30.4 Å². The molecule has 1 aromatic rings. The van der Waals surface area contributed by atoms with Gasteiger partial charge in [-0.25, -0.2) is 9.59 Å². The monoisotopic (exact) mass is 373 g/mol. The van der Waals surface area contributed by atoms with Crippen molar-refractivity contribution in [3.63, 3.8) is 0 Å². The van der Waals surface area contributed by atoms with Crippen molar-refractivity contribution in [2.45, 2.75) is 63.1 Å². The fraction of sp³-hybridized carbons (Fsp3) is 0.524. The Morgan fingerprint density at radius 3 is 2.22 bits per heavy atom. The van der Waals surface area contributed by atoms with Crippen LogP contribution in [0.25, 0.3) is 0 Å². The maximum Gasteiger partial charge on any atom is 0.328 e. The topological polar surface area (TPSA) is 87.1 Å². The zero-order chi connectivity index (χ0) is 19.4. The first-order valence-corrected chi connectivity index (χ1v) is 9.56. The highest BCUT2D eigenvalue weighted by molar-refractivity contribution is 5.89. The van der Waals surface area contributed by atoms with Crippen LogP contribution >= 0.6 is 0 Å². The summed E-state index contributed by atoms with van der Waals surface area (Å²) < 4.78 is 6.28. The number of rotatable bonds is 4. The molecule has 2 aliphatic heterocycles. The SMILES string of the molecule is CN1C2CCC1CC(Oc1ccc3c(c1)CCC3)C2.O=C(O)/C=C/C(=O)O. The second-order valence-electron chi connectivity index (χ2n) is 7.56. The van der Waals surface area contributed by atoms with E-state index in [0.717, 1.165) is 17.8 Å². The summed E-state index contributed by atoms with van der Waals surface area (Å²) in [4.78, 5) is 21.7. The molecule has 0 amide bonds. The summed E-state index contributed by atoms with van der Waals surface area (Å²) in [5, 5.41) is 15.6. The van der Waals surface area contributed by atoms with E-state index in [2.05, 4.69) is 30.1 Å². The standard InChI is InChI=1S/C17H23NO.C4H4O4/c1-18-14-6-7-15(18)11-17(10-14)19-16-8-5-12-3-2-4-13(12)9-16;5-3(6)1-2-4(7)8/h5,8-9,14-15,17H,2-4,6-7,10-11H2,1H3;1-2H,(H,5,6)(H,7,8)/b;2-1+. The lowest BCUT2D eigenvalue weighted by atomic mass is 10.0. The molecule has 2 saturated heterocycles. The number of carboxylic acids is 2. The van der Waals surface area contributed by atoms with E-state index in [0.29, 0.717) is 18.3 Å². The van der Waals surface area contributed by atoms with Gasteiger partial charge in [-0.1, -0.05) is 6.07 Å². The van der Waals surface area contributed by atoms with Crippen LogP contribution in [-0.2, 0) is 22.4 Å². The summed E-state index contributed by atoms with van der Waals surface area (Å²) >= 11 is 0. The maximum absolute atomic E-state index is 9.55. The molecule has 4 rings (SSSR count). The van der Waals surface area contributed by atoms with Crippen molar-refractivity contribution < 1.29 is 24.5 Å². The largest absolute Gasteiger partial charge is 0.490 e. The first-order valence-electron chi connectivity index (χ1n) is 9.56. The number of benzene rings is 1. The minimum Gasteiger partial charge on any atom is -0.490 e. The molecule has 0 spiro atoms. The van der Waals surface area contributed by atoms with Gasteiger partial charge in [0.05, 0.1) is 0 Å². The van der Waals surface area contributed by atoms with Crippen molar-refractivity contribution in [2.75, 3.05) is 7.05 Å². The Hall–Kier alpha value is -2.34. The third-order valence-corrected chi connectivity index (χ3v) is 5.80. The third-order valence-electron chi connectivity index (χ3n) is 5.80. The van der Waals surface area contributed by atoms with E-state index < -0.39 is 11.9 Å². The second-order valence-corrected chi connectivity index (χ2v) is 7.56. The fourth-order valence-electron chi connectivity index (χ4n) is 4.41. The lowest BCUT2D eigenvalue weighted by Crippen LogP contribution is -2.43. The van der Waals surface area contributed by atoms with Crippen LogP contribution in [0.4, 0.5) is 0 Å². The van der Waals surface area contributed by atoms with E-state index in [4.69, 9.17) is 14.9 Å². The van der Waals surface area contributed by atoms with Gasteiger partial charge in [-0.3, -0.25) is 0 Å². The molecule has 0 radical (unpaired) electrons. The molecule has 6 nitrogen and oxygen atoms in total. The van der Waals surface area contributed by atoms with Crippen molar-refractivity contribution in [1.29, 1.82) is 0 Å². The van der Waals surface area contributed by atoms with E-state index in [1.54, 1.807) is 0 Å². The molecular weight excluding hydrogens is 346 g/mol. The predicted octanol–water partition coefficient (Wildman–Crippen LogP) is 2.89. The van der Waals surface area contributed by atoms with Crippen LogP contribution in [0.5, 0.6) is 5.75 Å². The summed E-state index contributed by atoms with van der Waals surface area (Å²) in [7, 11) is 2.29. The lowest BCUT2D eigenvalue weighted by Gasteiger charge is -2.36. The van der Waals surface area contributed by atoms with Gasteiger partial charge < -0.3 is 19.8 Å². The van der Waals surface area contributed by atoms with Crippen LogP contribution in [0.3, 0.4) is 0 Å². The number of nitrogens with zero attached hydrogens (tertiary/aromatic N) is 1. The summed E-state index contributed by atoms with van der Waals surface area (Å²) in [6.45, 7) is 0. The highest BCUT2D eigenvalue weighted by atomic mass is 16.5. The quantitative estimate of drug-likeness (QED) is 0.789. The van der Waals surface area contributed by atoms with Crippen LogP contribution < -0.4 is 4.74 Å². The number of carbonyl (C=O) groups is 2. The van der Waals surface area contributed by atoms with E-state index in [9.17, 15) is 9.59 Å². The predicted molar refractivity (Wildman–Crippen MR) is 101 cm³/mol. The summed E-state index contributed by atoms with van der Waals surface area (Å²) in [6, 6.07) is 8.28. The van der Waals surface area contributed by atoms with Crippen molar-refractivity contribution >= 4 is 11.9 Å². The minimum absolute atomic E-state index is 0.438. The summed E-state index contributed by atoms with van der Waals surface area (Å²) in [5.74, 6) is -1.41. The maximum atomic E-state index is 9.55. The minimum atomic E-state index is -1.26. The van der Waals surface area contributed by atoms with E-state index in [1.165, 1.54) is 56.1 Å². The molecule has 2 fully saturated rings. The summed E-state index contributed by atoms with van der Waals surface area (Å²) in [5.41, 5.74) is 3.06. The van der Waals surface area contributed by atoms with Gasteiger partial charge in [0.15, 0.2) is 0 Å². The van der Waals surface area contributed by atoms with E-state index >= 15 is 0 Å². The number of aliphatic carboxylic acids is 2. The van der Waals surface area contributed by atoms with Crippen LogP contribution in [0.1, 0.15) is 43.2 Å². The molecule has 6 heteroatoms. The zero-order valence-electron chi connectivity index (χ0n) is 15.6. The van der Waals surface area contributed by atoms with Gasteiger partial charge in [-0.15, -0.1) is 0 Å². The molecular formula is C21H27NO5. The van der Waals surface area contributed by atoms with Crippen LogP contribution in [-0.4, -0.2) is 52.3 Å². The van der Waals surface area contributed by atoms with Gasteiger partial charge in [-0.2, -0.15) is 0 Å². The molecule has 2 heterocycles. The number of ether oxygens (including phenoxy) is 1. The zero-order valence-corrected chi connectivity index (χ0v) is 15.6. The lowest BCUT2D eigenvalue weighted by molar-refractivity contribution is -0.134. The fourth-order valence-corrected chi connectivity index (χ4v) is 4.41. The van der Waals surface area contributed by atoms with Gasteiger partial charge >= 0.3 is 11.9 Å². The summed E-state index contributed by atoms with van der Waals surface area (Å²) in [6.07, 6.45) is 10.5. The number of carboxylic acid groups (broad SMARTS) is 2. The van der Waals surface area contributed by atoms with Crippen molar-refractivity contribution in [2.24, 2.45) is 0 Å². The smallest absolute Gasteiger partial charge is 0.328 e. The molecule has 1 aromatic carbocycles. The molecule has 1 aliphatic carbocycles. The number of hydrogen-bond acceptors (Lipinski definition) is 4. The molecule has 27 heavy (non-hydrogen) atoms. The Balaban J connectivity index is 0.000000226. The van der Waals surface area contributed by atoms with Gasteiger partial charge in [-0.05, 0) is 75.3 Å². The van der Waals surface area contributed by atoms with Crippen LogP contribution in [0, 0.1) is 0 Å². The molecule has 0 aromatic heterocycles. The Kier molecular flexibility index (Phi) is 6.16. The van der Waals surface area contributed by atoms with Crippen molar-refractivity contribution in [3.05, 3.63) is 41.5 Å². The molecule has 3 aliphatic rings. The van der Waals surface area contributed by atoms with E-state index in [1.807, 2.05) is 0 Å². The number of fused-ring (bicyclic) bond motifs is 3. The highest BCUT2D eigenvalue weighted by Gasteiger charge is 2.39. The van der Waals surface area contributed by atoms with Crippen molar-refractivity contribution in [1.82, 2.24) is 4.90 Å². The number of hydrogen-bond donors (Lipinski definition) is 2. The molecule has 2 N–H and O–H groups in total. The van der Waals surface area contributed by atoms with Gasteiger partial charge in [0.25, 0.3) is 0 Å². The Morgan fingerprint density at radius 2 is 1.63 bits per heavy atom. The van der Waals surface area contributed by atoms with Crippen LogP contribution in [0.2, 0.25) is 0 Å². The molecule has 146 valence electrons. The van der Waals surface area contributed by atoms with Gasteiger partial charge in [0, 0.05) is 24.2 Å². The third kappa shape index (κ3) is 5.10. The Labute approximate surface area is 159 Å². The van der Waals surface area contributed by atoms with Gasteiger partial charge in [0.2, 0.25) is 0 Å². The average Bonchev–Trinajstić information content (AvgIpc) is 3.15. The van der Waals surface area contributed by atoms with Gasteiger partial charge in [0.1, 0.15) is 11.9 Å². The molecule has 2 atom stereocenters. The number of aryl methyl sites for hydroxylation is 2.